The lowest BCUT2D eigenvalue weighted by Gasteiger charge is -2.28. The van der Waals surface area contributed by atoms with Crippen LogP contribution in [0.2, 0.25) is 0 Å². The minimum absolute atomic E-state index is 0.0727. The molecule has 2 amide bonds. The minimum Gasteiger partial charge on any atom is -0.756 e. The zero-order valence-electron chi connectivity index (χ0n) is 31.0. The number of carbonyl (C=O) groups is 1. The van der Waals surface area contributed by atoms with Gasteiger partial charge in [0.05, 0.1) is 27.7 Å². The van der Waals surface area contributed by atoms with Crippen LogP contribution in [0.25, 0.3) is 0 Å². The number of rotatable bonds is 34. The smallest absolute Gasteiger partial charge is 0.317 e. The quantitative estimate of drug-likeness (QED) is 0.0318. The number of urea groups is 1. The second kappa shape index (κ2) is 31.4. The van der Waals surface area contributed by atoms with Gasteiger partial charge in [-0.05, 0) is 38.5 Å². The topological polar surface area (TPSA) is 90.9 Å². The Kier molecular flexibility index (Phi) is 30.7. The molecule has 0 saturated carbocycles. The van der Waals surface area contributed by atoms with Crippen molar-refractivity contribution in [2.75, 3.05) is 60.5 Å². The first-order valence-corrected chi connectivity index (χ1v) is 20.7. The van der Waals surface area contributed by atoms with Crippen molar-refractivity contribution >= 4 is 13.9 Å². The first-order chi connectivity index (χ1) is 22.1. The summed E-state index contributed by atoms with van der Waals surface area (Å²) >= 11 is 0. The van der Waals surface area contributed by atoms with E-state index in [0.717, 1.165) is 25.7 Å². The standard InChI is InChI=1S/C37H76N3O5P/c1-6-8-10-12-14-16-17-18-19-20-21-22-23-25-27-29-31-38-37(41)39(32-30-28-26-24-15-13-11-9-7-2)33-35-44-46(42,43)45-36-34-40(3,4)5/h18-19H,6-17,20-36H2,1-5H3,(H-,38,41,42,43)/b19-18-. The van der Waals surface area contributed by atoms with Crippen LogP contribution in [0.15, 0.2) is 12.2 Å². The largest absolute Gasteiger partial charge is 0.756 e. The van der Waals surface area contributed by atoms with Gasteiger partial charge < -0.3 is 28.6 Å². The molecule has 9 heteroatoms. The van der Waals surface area contributed by atoms with E-state index in [0.29, 0.717) is 24.1 Å². The van der Waals surface area contributed by atoms with Gasteiger partial charge in [0.1, 0.15) is 13.2 Å². The van der Waals surface area contributed by atoms with Crippen LogP contribution in [0.4, 0.5) is 4.79 Å². The molecule has 0 saturated heterocycles. The number of phosphoric acid groups is 1. The third-order valence-corrected chi connectivity index (χ3v) is 9.40. The summed E-state index contributed by atoms with van der Waals surface area (Å²) in [5.74, 6) is 0. The number of phosphoric ester groups is 1. The van der Waals surface area contributed by atoms with Crippen LogP contribution in [-0.2, 0) is 13.6 Å². The van der Waals surface area contributed by atoms with E-state index >= 15 is 0 Å². The van der Waals surface area contributed by atoms with Crippen LogP contribution in [0.1, 0.15) is 162 Å². The Labute approximate surface area is 285 Å². The Balaban J connectivity index is 4.23. The molecule has 0 aromatic rings. The Bertz CT molecular complexity index is 760. The van der Waals surface area contributed by atoms with Crippen molar-refractivity contribution in [3.8, 4) is 0 Å². The number of allylic oxidation sites excluding steroid dienone is 2. The fourth-order valence-electron chi connectivity index (χ4n) is 5.33. The van der Waals surface area contributed by atoms with Gasteiger partial charge in [-0.25, -0.2) is 4.79 Å². The number of unbranched alkanes of at least 4 members (excludes halogenated alkanes) is 20. The molecule has 0 aliphatic rings. The van der Waals surface area contributed by atoms with Gasteiger partial charge >= 0.3 is 6.03 Å². The van der Waals surface area contributed by atoms with E-state index in [9.17, 15) is 14.3 Å². The van der Waals surface area contributed by atoms with Crippen LogP contribution < -0.4 is 10.2 Å². The highest BCUT2D eigenvalue weighted by Crippen LogP contribution is 2.37. The highest BCUT2D eigenvalue weighted by molar-refractivity contribution is 7.45. The minimum atomic E-state index is -4.40. The second-order valence-corrected chi connectivity index (χ2v) is 15.5. The number of nitrogens with one attached hydrogen (secondary N) is 1. The van der Waals surface area contributed by atoms with E-state index in [1.54, 1.807) is 4.90 Å². The number of hydrogen-bond donors (Lipinski definition) is 1. The van der Waals surface area contributed by atoms with Crippen molar-refractivity contribution in [2.24, 2.45) is 0 Å². The summed E-state index contributed by atoms with van der Waals surface area (Å²) in [6.07, 6.45) is 33.2. The van der Waals surface area contributed by atoms with Crippen LogP contribution in [0.3, 0.4) is 0 Å². The predicted molar refractivity (Wildman–Crippen MR) is 194 cm³/mol. The van der Waals surface area contributed by atoms with Crippen molar-refractivity contribution in [1.82, 2.24) is 10.2 Å². The molecule has 0 rings (SSSR count). The van der Waals surface area contributed by atoms with Crippen molar-refractivity contribution in [2.45, 2.75) is 162 Å². The molecule has 0 heterocycles. The molecule has 0 aliphatic carbocycles. The average molecular weight is 674 g/mol. The summed E-state index contributed by atoms with van der Waals surface area (Å²) in [5.41, 5.74) is 0. The highest BCUT2D eigenvalue weighted by atomic mass is 31.2. The van der Waals surface area contributed by atoms with Gasteiger partial charge in [0.15, 0.2) is 0 Å². The summed E-state index contributed by atoms with van der Waals surface area (Å²) in [6, 6.07) is -0.136. The van der Waals surface area contributed by atoms with Gasteiger partial charge in [-0.2, -0.15) is 0 Å². The number of carbonyl (C=O) groups excluding carboxylic acids is 1. The zero-order chi connectivity index (χ0) is 34.2. The lowest BCUT2D eigenvalue weighted by Crippen LogP contribution is -2.42. The molecular formula is C37H76N3O5P. The Morgan fingerprint density at radius 2 is 1.09 bits per heavy atom. The predicted octanol–water partition coefficient (Wildman–Crippen LogP) is 9.77. The normalized spacial score (nSPS) is 13.3. The van der Waals surface area contributed by atoms with E-state index in [1.807, 2.05) is 21.1 Å². The molecule has 0 aromatic heterocycles. The monoisotopic (exact) mass is 674 g/mol. The van der Waals surface area contributed by atoms with Gasteiger partial charge in [0.2, 0.25) is 0 Å². The molecule has 0 bridgehead atoms. The molecule has 1 atom stereocenters. The van der Waals surface area contributed by atoms with E-state index in [2.05, 4.69) is 31.3 Å². The van der Waals surface area contributed by atoms with E-state index in [4.69, 9.17) is 9.05 Å². The van der Waals surface area contributed by atoms with Gasteiger partial charge in [-0.15, -0.1) is 0 Å². The maximum Gasteiger partial charge on any atom is 0.317 e. The summed E-state index contributed by atoms with van der Waals surface area (Å²) < 4.78 is 22.9. The summed E-state index contributed by atoms with van der Waals surface area (Å²) in [4.78, 5) is 26.9. The molecule has 1 N–H and O–H groups in total. The van der Waals surface area contributed by atoms with Gasteiger partial charge in [-0.3, -0.25) is 4.57 Å². The van der Waals surface area contributed by atoms with Gasteiger partial charge in [0.25, 0.3) is 7.82 Å². The highest BCUT2D eigenvalue weighted by Gasteiger charge is 2.17. The third-order valence-electron chi connectivity index (χ3n) is 8.41. The number of nitrogens with zero attached hydrogens (tertiary/aromatic N) is 2. The van der Waals surface area contributed by atoms with E-state index < -0.39 is 7.82 Å². The maximum atomic E-state index is 13.0. The van der Waals surface area contributed by atoms with Crippen molar-refractivity contribution in [3.63, 3.8) is 0 Å². The number of amides is 2. The molecule has 274 valence electrons. The Morgan fingerprint density at radius 1 is 0.652 bits per heavy atom. The summed E-state index contributed by atoms with van der Waals surface area (Å²) in [7, 11) is 1.52. The number of likely N-dealkylation sites (N-methyl/N-ethyl adjacent to an activating group) is 1. The average Bonchev–Trinajstić information content (AvgIpc) is 3.00. The lowest BCUT2D eigenvalue weighted by atomic mass is 10.1. The Hall–Kier alpha value is -0.920. The molecule has 0 fully saturated rings. The zero-order valence-corrected chi connectivity index (χ0v) is 31.9. The fraction of sp³-hybridized carbons (Fsp3) is 0.919. The molecule has 0 spiro atoms. The van der Waals surface area contributed by atoms with Crippen LogP contribution in [0.5, 0.6) is 0 Å². The third kappa shape index (κ3) is 33.0. The molecule has 0 radical (unpaired) electrons. The van der Waals surface area contributed by atoms with Crippen molar-refractivity contribution in [1.29, 1.82) is 0 Å². The maximum absolute atomic E-state index is 13.0. The van der Waals surface area contributed by atoms with E-state index in [1.165, 1.54) is 122 Å². The molecule has 46 heavy (non-hydrogen) atoms. The SMILES string of the molecule is CCCCCCCC/C=C\CCCCCCCCNC(=O)N(CCCCCCCCCCC)CCOP(=O)([O-])OCC[N+](C)(C)C. The van der Waals surface area contributed by atoms with Crippen LogP contribution in [0, 0.1) is 0 Å². The molecular weight excluding hydrogens is 597 g/mol. The summed E-state index contributed by atoms with van der Waals surface area (Å²) in [5, 5.41) is 3.05. The first kappa shape index (κ1) is 45.1. The van der Waals surface area contributed by atoms with Gasteiger partial charge in [0, 0.05) is 19.6 Å². The molecule has 0 aliphatic heterocycles. The van der Waals surface area contributed by atoms with Crippen LogP contribution in [-0.4, -0.2) is 75.9 Å². The van der Waals surface area contributed by atoms with Gasteiger partial charge in [-0.1, -0.05) is 135 Å². The van der Waals surface area contributed by atoms with Crippen molar-refractivity contribution in [3.05, 3.63) is 12.2 Å². The van der Waals surface area contributed by atoms with Crippen LogP contribution >= 0.6 is 7.82 Å². The fourth-order valence-corrected chi connectivity index (χ4v) is 6.02. The Morgan fingerprint density at radius 3 is 1.59 bits per heavy atom. The first-order valence-electron chi connectivity index (χ1n) is 19.2. The lowest BCUT2D eigenvalue weighted by molar-refractivity contribution is -0.870. The molecule has 1 unspecified atom stereocenters. The number of hydrogen-bond acceptors (Lipinski definition) is 5. The van der Waals surface area contributed by atoms with Crippen molar-refractivity contribution < 1.29 is 27.8 Å². The molecule has 8 nitrogen and oxygen atoms in total. The van der Waals surface area contributed by atoms with E-state index in [-0.39, 0.29) is 25.8 Å². The number of quaternary nitrogens is 1. The molecule has 0 aromatic carbocycles. The second-order valence-electron chi connectivity index (χ2n) is 14.1. The summed E-state index contributed by atoms with van der Waals surface area (Å²) in [6.45, 7) is 6.50.